The van der Waals surface area contributed by atoms with E-state index in [2.05, 4.69) is 18.8 Å². The number of aryl methyl sites for hydroxylation is 1. The van der Waals surface area contributed by atoms with Gasteiger partial charge in [0.05, 0.1) is 5.69 Å². The molecule has 0 spiro atoms. The summed E-state index contributed by atoms with van der Waals surface area (Å²) in [6, 6.07) is 7.84. The highest BCUT2D eigenvalue weighted by atomic mass is 16.4. The van der Waals surface area contributed by atoms with Crippen molar-refractivity contribution in [3.63, 3.8) is 0 Å². The number of carbonyl (C=O) groups is 1. The Labute approximate surface area is 112 Å². The molecule has 0 radical (unpaired) electrons. The van der Waals surface area contributed by atoms with Crippen molar-refractivity contribution < 1.29 is 14.3 Å². The van der Waals surface area contributed by atoms with Crippen LogP contribution in [0.25, 0.3) is 11.5 Å². The molecule has 2 aromatic rings. The van der Waals surface area contributed by atoms with Crippen LogP contribution in [0.15, 0.2) is 28.7 Å². The molecule has 1 aromatic heterocycles. The van der Waals surface area contributed by atoms with Crippen LogP contribution in [0.2, 0.25) is 0 Å². The van der Waals surface area contributed by atoms with E-state index in [0.717, 1.165) is 5.56 Å². The van der Waals surface area contributed by atoms with Gasteiger partial charge < -0.3 is 9.52 Å². The van der Waals surface area contributed by atoms with Crippen molar-refractivity contribution in [2.24, 2.45) is 0 Å². The molecule has 19 heavy (non-hydrogen) atoms. The first kappa shape index (κ1) is 13.3. The average Bonchev–Trinajstić information content (AvgIpc) is 2.83. The maximum absolute atomic E-state index is 11.0. The molecule has 4 nitrogen and oxygen atoms in total. The number of nitrogens with zero attached hydrogens (tertiary/aromatic N) is 1. The summed E-state index contributed by atoms with van der Waals surface area (Å²) < 4.78 is 5.34. The summed E-state index contributed by atoms with van der Waals surface area (Å²) >= 11 is 0. The molecule has 0 saturated carbocycles. The van der Waals surface area contributed by atoms with Crippen molar-refractivity contribution in [2.45, 2.75) is 33.1 Å². The van der Waals surface area contributed by atoms with Gasteiger partial charge >= 0.3 is 5.97 Å². The van der Waals surface area contributed by atoms with Gasteiger partial charge in [-0.3, -0.25) is 0 Å². The molecule has 1 N–H and O–H groups in total. The number of oxazole rings is 1. The minimum absolute atomic E-state index is 0.0644. The van der Waals surface area contributed by atoms with Crippen molar-refractivity contribution in [1.82, 2.24) is 4.98 Å². The van der Waals surface area contributed by atoms with E-state index in [4.69, 9.17) is 9.52 Å². The fourth-order valence-electron chi connectivity index (χ4n) is 1.89. The van der Waals surface area contributed by atoms with E-state index in [1.807, 2.05) is 31.2 Å². The predicted molar refractivity (Wildman–Crippen MR) is 72.4 cm³/mol. The average molecular weight is 259 g/mol. The lowest BCUT2D eigenvalue weighted by Gasteiger charge is -2.04. The van der Waals surface area contributed by atoms with Gasteiger partial charge in [0.25, 0.3) is 0 Å². The van der Waals surface area contributed by atoms with E-state index < -0.39 is 5.97 Å². The van der Waals surface area contributed by atoms with Crippen molar-refractivity contribution in [2.75, 3.05) is 0 Å². The molecule has 0 amide bonds. The van der Waals surface area contributed by atoms with Crippen LogP contribution < -0.4 is 0 Å². The Hall–Kier alpha value is -2.10. The highest BCUT2D eigenvalue weighted by molar-refractivity contribution is 5.86. The first-order chi connectivity index (χ1) is 9.02. The van der Waals surface area contributed by atoms with Crippen LogP contribution in [0.1, 0.15) is 48.5 Å². The van der Waals surface area contributed by atoms with Crippen LogP contribution in [0, 0.1) is 0 Å². The molecule has 0 aliphatic heterocycles. The zero-order chi connectivity index (χ0) is 14.0. The summed E-state index contributed by atoms with van der Waals surface area (Å²) in [6.45, 7) is 6.10. The van der Waals surface area contributed by atoms with Gasteiger partial charge in [-0.1, -0.05) is 32.9 Å². The van der Waals surface area contributed by atoms with Crippen LogP contribution in [0.4, 0.5) is 0 Å². The molecular formula is C15H17NO3. The van der Waals surface area contributed by atoms with Gasteiger partial charge in [-0.25, -0.2) is 9.78 Å². The second-order valence-corrected chi connectivity index (χ2v) is 4.73. The van der Waals surface area contributed by atoms with E-state index in [1.165, 1.54) is 5.56 Å². The SMILES string of the molecule is CCc1nc(-c2ccc(C(C)C)cc2)oc1C(=O)O. The number of rotatable bonds is 4. The minimum Gasteiger partial charge on any atom is -0.475 e. The van der Waals surface area contributed by atoms with Gasteiger partial charge in [-0.05, 0) is 30.0 Å². The first-order valence-electron chi connectivity index (χ1n) is 6.36. The number of hydrogen-bond acceptors (Lipinski definition) is 3. The molecule has 0 saturated heterocycles. The van der Waals surface area contributed by atoms with Crippen molar-refractivity contribution in [1.29, 1.82) is 0 Å². The molecule has 1 aromatic carbocycles. The monoisotopic (exact) mass is 259 g/mol. The Kier molecular flexibility index (Phi) is 3.69. The fourth-order valence-corrected chi connectivity index (χ4v) is 1.89. The Bertz CT molecular complexity index is 582. The summed E-state index contributed by atoms with van der Waals surface area (Å²) in [6.07, 6.45) is 0.537. The van der Waals surface area contributed by atoms with Crippen molar-refractivity contribution in [3.8, 4) is 11.5 Å². The Morgan fingerprint density at radius 1 is 1.32 bits per heavy atom. The number of benzene rings is 1. The minimum atomic E-state index is -1.07. The molecule has 0 aliphatic carbocycles. The summed E-state index contributed by atoms with van der Waals surface area (Å²) in [4.78, 5) is 15.3. The molecule has 4 heteroatoms. The van der Waals surface area contributed by atoms with Crippen LogP contribution in [0.3, 0.4) is 0 Å². The van der Waals surface area contributed by atoms with E-state index >= 15 is 0 Å². The van der Waals surface area contributed by atoms with Gasteiger partial charge in [0.15, 0.2) is 0 Å². The smallest absolute Gasteiger partial charge is 0.373 e. The molecule has 2 rings (SSSR count). The molecular weight excluding hydrogens is 242 g/mol. The number of aromatic nitrogens is 1. The highest BCUT2D eigenvalue weighted by Gasteiger charge is 2.18. The van der Waals surface area contributed by atoms with Gasteiger partial charge in [0.1, 0.15) is 0 Å². The van der Waals surface area contributed by atoms with Gasteiger partial charge in [-0.2, -0.15) is 0 Å². The quantitative estimate of drug-likeness (QED) is 0.908. The predicted octanol–water partition coefficient (Wildman–Crippen LogP) is 3.73. The Morgan fingerprint density at radius 2 is 1.95 bits per heavy atom. The normalized spacial score (nSPS) is 10.9. The molecule has 0 atom stereocenters. The molecule has 1 heterocycles. The van der Waals surface area contributed by atoms with E-state index in [0.29, 0.717) is 23.9 Å². The maximum atomic E-state index is 11.0. The molecule has 100 valence electrons. The lowest BCUT2D eigenvalue weighted by molar-refractivity contribution is 0.0662. The summed E-state index contributed by atoms with van der Waals surface area (Å²) in [5.74, 6) is -0.316. The third kappa shape index (κ3) is 2.67. The molecule has 0 unspecified atom stereocenters. The topological polar surface area (TPSA) is 63.3 Å². The van der Waals surface area contributed by atoms with Crippen LogP contribution in [-0.2, 0) is 6.42 Å². The largest absolute Gasteiger partial charge is 0.475 e. The summed E-state index contributed by atoms with van der Waals surface area (Å²) in [7, 11) is 0. The number of aromatic carboxylic acids is 1. The lowest BCUT2D eigenvalue weighted by Crippen LogP contribution is -1.98. The van der Waals surface area contributed by atoms with Gasteiger partial charge in [-0.15, -0.1) is 0 Å². The zero-order valence-electron chi connectivity index (χ0n) is 11.3. The summed E-state index contributed by atoms with van der Waals surface area (Å²) in [5.41, 5.74) is 2.51. The Balaban J connectivity index is 2.39. The third-order valence-electron chi connectivity index (χ3n) is 3.05. The number of hydrogen-bond donors (Lipinski definition) is 1. The number of carboxylic acid groups (broad SMARTS) is 1. The Morgan fingerprint density at radius 3 is 2.37 bits per heavy atom. The van der Waals surface area contributed by atoms with E-state index in [9.17, 15) is 4.79 Å². The zero-order valence-corrected chi connectivity index (χ0v) is 11.3. The third-order valence-corrected chi connectivity index (χ3v) is 3.05. The lowest BCUT2D eigenvalue weighted by atomic mass is 10.0. The first-order valence-corrected chi connectivity index (χ1v) is 6.36. The molecule has 0 aliphatic rings. The fraction of sp³-hybridized carbons (Fsp3) is 0.333. The standard InChI is InChI=1S/C15H17NO3/c1-4-12-13(15(17)18)19-14(16-12)11-7-5-10(6-8-11)9(2)3/h5-9H,4H2,1-3H3,(H,17,18). The highest BCUT2D eigenvalue weighted by Crippen LogP contribution is 2.24. The van der Waals surface area contributed by atoms with E-state index in [-0.39, 0.29) is 5.76 Å². The van der Waals surface area contributed by atoms with E-state index in [1.54, 1.807) is 0 Å². The maximum Gasteiger partial charge on any atom is 0.373 e. The summed E-state index contributed by atoms with van der Waals surface area (Å²) in [5, 5.41) is 9.04. The molecule has 0 fully saturated rings. The van der Waals surface area contributed by atoms with Gasteiger partial charge in [0.2, 0.25) is 11.7 Å². The van der Waals surface area contributed by atoms with Crippen molar-refractivity contribution in [3.05, 3.63) is 41.3 Å². The number of carboxylic acids is 1. The van der Waals surface area contributed by atoms with Crippen LogP contribution in [0.5, 0.6) is 0 Å². The molecule has 0 bridgehead atoms. The van der Waals surface area contributed by atoms with Gasteiger partial charge in [0, 0.05) is 5.56 Å². The van der Waals surface area contributed by atoms with Crippen LogP contribution >= 0.6 is 0 Å². The van der Waals surface area contributed by atoms with Crippen molar-refractivity contribution >= 4 is 5.97 Å². The second-order valence-electron chi connectivity index (χ2n) is 4.73. The second kappa shape index (κ2) is 5.26. The van der Waals surface area contributed by atoms with Crippen LogP contribution in [-0.4, -0.2) is 16.1 Å².